The molecule has 0 atom stereocenters. The van der Waals surface area contributed by atoms with Gasteiger partial charge in [0.25, 0.3) is 0 Å². The number of hydrogen-bond acceptors (Lipinski definition) is 0. The van der Waals surface area contributed by atoms with Crippen LogP contribution in [0.25, 0.3) is 165 Å². The number of benzene rings is 16. The van der Waals surface area contributed by atoms with Gasteiger partial charge in [0.2, 0.25) is 13.4 Å². The minimum absolute atomic E-state index is 0.0585. The van der Waals surface area contributed by atoms with Crippen LogP contribution in [-0.2, 0) is 0 Å². The van der Waals surface area contributed by atoms with Gasteiger partial charge in [-0.15, -0.1) is 0 Å². The molecule has 0 radical (unpaired) electrons. The molecule has 490 valence electrons. The van der Waals surface area contributed by atoms with Gasteiger partial charge in [0.1, 0.15) is 0 Å². The number of fused-ring (bicyclic) bond motifs is 18. The zero-order valence-corrected chi connectivity index (χ0v) is 59.7. The molecule has 2 aliphatic heterocycles. The van der Waals surface area contributed by atoms with E-state index >= 15 is 0 Å². The Morgan fingerprint density at radius 2 is 0.423 bits per heavy atom. The molecule has 16 aromatic carbocycles. The largest absolute Gasteiger partial charge is 0.309 e. The standard InChI is InChI=1S/C98H72B2N4/c1-55(2)77-53-83(99-95-57(5)45-61(101-85-33-17-9-25-65(85)66-26-10-18-34-86(66)101)49-79(95)80-50-62(46-58(6)96(80)99)102-87-35-19-11-27-67(87)68-28-12-20-36-88(68)102)75-43-44-76-84(54-78(56(3)4)74-42-41-73(77)93(75)94(74)76)100-97-59(7)47-63(103-89-37-21-13-29-69(89)70-30-14-22-38-90(70)103)51-81(97)82-52-64(48-60(8)98(82)100)104-91-39-23-15-31-71(91)72-32-16-24-40-92(72)104/h9-56H,1-8H3. The van der Waals surface area contributed by atoms with E-state index in [0.29, 0.717) is 0 Å². The van der Waals surface area contributed by atoms with E-state index < -0.39 is 0 Å². The average molecular weight is 1330 g/mol. The number of aryl methyl sites for hydroxylation is 4. The molecule has 0 bridgehead atoms. The maximum absolute atomic E-state index is 2.65. The van der Waals surface area contributed by atoms with E-state index in [1.807, 2.05) is 0 Å². The van der Waals surface area contributed by atoms with Gasteiger partial charge < -0.3 is 18.3 Å². The Hall–Kier alpha value is -12.1. The Kier molecular flexibility index (Phi) is 12.4. The molecule has 2 aliphatic rings. The molecule has 104 heavy (non-hydrogen) atoms. The SMILES string of the molecule is Cc1cc(-n2c3ccccc3c3ccccc32)cc2c1B(c1cc(C(C)C)c3ccc4c(C(C)C)cc(B5c6c(C)cc(-n7c8ccccc8c8ccccc87)cc6-c6cc(-n7c8ccccc8c8ccccc87)cc(C)c65)c5ccc1c3c54)c1c(C)cc(-n3c4ccccc4c4ccccc43)cc1-2. The summed E-state index contributed by atoms with van der Waals surface area (Å²) in [6, 6.07) is 107. The summed E-state index contributed by atoms with van der Waals surface area (Å²) in [5.41, 5.74) is 36.0. The lowest BCUT2D eigenvalue weighted by atomic mass is 9.36. The summed E-state index contributed by atoms with van der Waals surface area (Å²) in [5, 5.41) is 18.3. The Morgan fingerprint density at radius 3 is 0.635 bits per heavy atom. The minimum atomic E-state index is -0.0585. The smallest absolute Gasteiger partial charge is 0.244 e. The summed E-state index contributed by atoms with van der Waals surface area (Å²) >= 11 is 0. The highest BCUT2D eigenvalue weighted by molar-refractivity contribution is 7.02. The Bertz CT molecular complexity index is 6210. The van der Waals surface area contributed by atoms with Crippen LogP contribution in [0.5, 0.6) is 0 Å². The first kappa shape index (κ1) is 59.6. The second-order valence-corrected chi connectivity index (χ2v) is 30.7. The summed E-state index contributed by atoms with van der Waals surface area (Å²) in [6.07, 6.45) is 0. The van der Waals surface area contributed by atoms with Crippen LogP contribution in [0.3, 0.4) is 0 Å². The van der Waals surface area contributed by atoms with E-state index in [4.69, 9.17) is 0 Å². The molecule has 0 saturated heterocycles. The molecule has 4 nitrogen and oxygen atoms in total. The van der Waals surface area contributed by atoms with Crippen molar-refractivity contribution in [1.29, 1.82) is 0 Å². The molecule has 0 unspecified atom stereocenters. The van der Waals surface area contributed by atoms with Crippen molar-refractivity contribution in [2.45, 2.75) is 67.2 Å². The van der Waals surface area contributed by atoms with Gasteiger partial charge in [0.15, 0.2) is 0 Å². The fourth-order valence-corrected chi connectivity index (χ4v) is 20.3. The molecule has 0 fully saturated rings. The van der Waals surface area contributed by atoms with Crippen LogP contribution in [0, 0.1) is 27.7 Å². The second kappa shape index (κ2) is 21.7. The third kappa shape index (κ3) is 8.00. The normalized spacial score (nSPS) is 12.9. The van der Waals surface area contributed by atoms with Crippen LogP contribution in [0.4, 0.5) is 0 Å². The maximum atomic E-state index is 2.65. The quantitative estimate of drug-likeness (QED) is 0.107. The summed E-state index contributed by atoms with van der Waals surface area (Å²) in [4.78, 5) is 0. The van der Waals surface area contributed by atoms with Gasteiger partial charge in [-0.1, -0.05) is 265 Å². The van der Waals surface area contributed by atoms with Crippen molar-refractivity contribution in [2.75, 3.05) is 0 Å². The van der Waals surface area contributed by atoms with Crippen LogP contribution in [0.2, 0.25) is 0 Å². The molecule has 6 heteroatoms. The number of aromatic nitrogens is 4. The number of rotatable bonds is 8. The highest BCUT2D eigenvalue weighted by atomic mass is 15.0. The molecule has 0 spiro atoms. The summed E-state index contributed by atoms with van der Waals surface area (Å²) in [7, 11) is 0. The lowest BCUT2D eigenvalue weighted by molar-refractivity contribution is 0.876. The highest BCUT2D eigenvalue weighted by Gasteiger charge is 2.42. The van der Waals surface area contributed by atoms with Gasteiger partial charge in [-0.05, 0) is 202 Å². The lowest BCUT2D eigenvalue weighted by Crippen LogP contribution is -2.52. The van der Waals surface area contributed by atoms with Crippen molar-refractivity contribution in [2.24, 2.45) is 0 Å². The molecular weight excluding hydrogens is 1250 g/mol. The Balaban J connectivity index is 0.813. The second-order valence-electron chi connectivity index (χ2n) is 30.7. The van der Waals surface area contributed by atoms with Crippen molar-refractivity contribution in [3.05, 3.63) is 312 Å². The van der Waals surface area contributed by atoms with Crippen LogP contribution in [0.15, 0.2) is 279 Å². The van der Waals surface area contributed by atoms with Gasteiger partial charge >= 0.3 is 0 Å². The van der Waals surface area contributed by atoms with Gasteiger partial charge in [-0.25, -0.2) is 0 Å². The highest BCUT2D eigenvalue weighted by Crippen LogP contribution is 2.45. The summed E-state index contributed by atoms with van der Waals surface area (Å²) in [6.45, 7) is 19.2. The third-order valence-corrected chi connectivity index (χ3v) is 24.5. The van der Waals surface area contributed by atoms with Gasteiger partial charge in [0.05, 0.1) is 44.1 Å². The fourth-order valence-electron chi connectivity index (χ4n) is 20.3. The first-order chi connectivity index (χ1) is 50.9. The first-order valence-corrected chi connectivity index (χ1v) is 37.3. The molecule has 6 heterocycles. The van der Waals surface area contributed by atoms with E-state index in [2.05, 4.69) is 353 Å². The van der Waals surface area contributed by atoms with Crippen molar-refractivity contribution in [1.82, 2.24) is 18.3 Å². The predicted molar refractivity (Wildman–Crippen MR) is 448 cm³/mol. The molecule has 0 aliphatic carbocycles. The fraction of sp³-hybridized carbons (Fsp3) is 0.102. The number of hydrogen-bond donors (Lipinski definition) is 0. The maximum Gasteiger partial charge on any atom is 0.244 e. The van der Waals surface area contributed by atoms with Crippen molar-refractivity contribution in [3.8, 4) is 45.0 Å². The molecule has 0 saturated carbocycles. The zero-order chi connectivity index (χ0) is 69.4. The van der Waals surface area contributed by atoms with E-state index in [1.165, 1.54) is 231 Å². The summed E-state index contributed by atoms with van der Waals surface area (Å²) < 4.78 is 10.1. The predicted octanol–water partition coefficient (Wildman–Crippen LogP) is 21.4. The van der Waals surface area contributed by atoms with Gasteiger partial charge in [0, 0.05) is 65.8 Å². The molecule has 22 rings (SSSR count). The topological polar surface area (TPSA) is 19.7 Å². The van der Waals surface area contributed by atoms with Crippen molar-refractivity contribution in [3.63, 3.8) is 0 Å². The monoisotopic (exact) mass is 1330 g/mol. The summed E-state index contributed by atoms with van der Waals surface area (Å²) in [5.74, 6) is 0.484. The van der Waals surface area contributed by atoms with Crippen molar-refractivity contribution >= 4 is 166 Å². The lowest BCUT2D eigenvalue weighted by Gasteiger charge is -2.26. The van der Waals surface area contributed by atoms with Gasteiger partial charge in [-0.3, -0.25) is 0 Å². The van der Waals surface area contributed by atoms with E-state index in [0.717, 1.165) is 0 Å². The first-order valence-electron chi connectivity index (χ1n) is 37.3. The van der Waals surface area contributed by atoms with Crippen LogP contribution < -0.4 is 32.8 Å². The zero-order valence-electron chi connectivity index (χ0n) is 59.7. The minimum Gasteiger partial charge on any atom is -0.309 e. The average Bonchev–Trinajstić information content (AvgIpc) is 1.65. The number of nitrogens with zero attached hydrogens (tertiary/aromatic N) is 4. The molecule has 4 aromatic heterocycles. The van der Waals surface area contributed by atoms with Crippen LogP contribution in [-0.4, -0.2) is 31.7 Å². The molecule has 20 aromatic rings. The van der Waals surface area contributed by atoms with Crippen LogP contribution >= 0.6 is 0 Å². The molecule has 0 amide bonds. The third-order valence-electron chi connectivity index (χ3n) is 24.5. The van der Waals surface area contributed by atoms with Crippen LogP contribution in [0.1, 0.15) is 72.9 Å². The van der Waals surface area contributed by atoms with E-state index in [-0.39, 0.29) is 25.3 Å². The van der Waals surface area contributed by atoms with Gasteiger partial charge in [-0.2, -0.15) is 0 Å². The molecular formula is C98H72B2N4. The molecule has 0 N–H and O–H groups in total. The van der Waals surface area contributed by atoms with Crippen molar-refractivity contribution < 1.29 is 0 Å². The van der Waals surface area contributed by atoms with E-state index in [1.54, 1.807) is 0 Å². The van der Waals surface area contributed by atoms with E-state index in [9.17, 15) is 0 Å². The number of para-hydroxylation sites is 8. The Morgan fingerprint density at radius 1 is 0.221 bits per heavy atom. The Labute approximate surface area is 604 Å².